The Morgan fingerprint density at radius 1 is 1.10 bits per heavy atom. The molecule has 1 fully saturated rings. The monoisotopic (exact) mass is 597 g/mol. The van der Waals surface area contributed by atoms with Gasteiger partial charge in [0.2, 0.25) is 0 Å². The van der Waals surface area contributed by atoms with E-state index in [4.69, 9.17) is 24.7 Å². The van der Waals surface area contributed by atoms with Crippen LogP contribution in [0, 0.1) is 17.8 Å². The molecule has 0 aliphatic carbocycles. The molecular weight excluding hydrogens is 542 g/mol. The fourth-order valence-electron chi connectivity index (χ4n) is 5.20. The molecule has 0 spiro atoms. The van der Waals surface area contributed by atoms with Crippen molar-refractivity contribution in [1.82, 2.24) is 0 Å². The van der Waals surface area contributed by atoms with Gasteiger partial charge in [-0.2, -0.15) is 0 Å². The number of allylic oxidation sites excluding steroid dienone is 3. The first kappa shape index (κ1) is 37.8. The van der Waals surface area contributed by atoms with E-state index in [-0.39, 0.29) is 55.3 Å². The molecule has 0 saturated carbocycles. The Hall–Kier alpha value is -2.24. The number of epoxide rings is 1. The highest BCUT2D eigenvalue weighted by atomic mass is 16.6. The number of primary amides is 1. The van der Waals surface area contributed by atoms with Gasteiger partial charge in [-0.05, 0) is 57.6 Å². The van der Waals surface area contributed by atoms with Crippen LogP contribution in [0.3, 0.4) is 0 Å². The lowest BCUT2D eigenvalue weighted by Gasteiger charge is -2.30. The number of aliphatic hydroxyl groups is 3. The van der Waals surface area contributed by atoms with Crippen molar-refractivity contribution in [2.24, 2.45) is 23.5 Å². The average Bonchev–Trinajstić information content (AvgIpc) is 3.71. The Morgan fingerprint density at radius 3 is 2.26 bits per heavy atom. The molecule has 1 aliphatic rings. The standard InChI is InChI=1S/C32H55NO9/c1-10-13-25(40-31(33)37)32(8,38)17-16-23(34)18-26(35)41-28(19(3)4)21(6)15-12-14-20(5)27(36)30-29(42-30)22(7)24(11-2)39-9/h10,12-15,19-20,22-25,27-30,34,36,38H,11,16-18H2,1-9H3,(H2,33,37)/b13-10+,14-12+,21-15+. The number of carbonyl (C=O) groups excluding carboxylic acids is 2. The number of rotatable bonds is 19. The highest BCUT2D eigenvalue weighted by molar-refractivity contribution is 5.70. The lowest BCUT2D eigenvalue weighted by Crippen LogP contribution is -2.43. The molecule has 10 nitrogen and oxygen atoms in total. The number of ether oxygens (including phenoxy) is 4. The minimum atomic E-state index is -1.49. The van der Waals surface area contributed by atoms with Crippen LogP contribution in [0.2, 0.25) is 0 Å². The van der Waals surface area contributed by atoms with E-state index in [9.17, 15) is 24.9 Å². The lowest BCUT2D eigenvalue weighted by molar-refractivity contribution is -0.151. The summed E-state index contributed by atoms with van der Waals surface area (Å²) in [5, 5.41) is 32.0. The molecule has 10 atom stereocenters. The first-order chi connectivity index (χ1) is 19.6. The number of hydrogen-bond acceptors (Lipinski definition) is 9. The molecule has 1 aliphatic heterocycles. The highest BCUT2D eigenvalue weighted by Crippen LogP contribution is 2.37. The normalized spacial score (nSPS) is 24.1. The van der Waals surface area contributed by atoms with Crippen molar-refractivity contribution in [3.8, 4) is 0 Å². The summed E-state index contributed by atoms with van der Waals surface area (Å²) in [7, 11) is 1.70. The Bertz CT molecular complexity index is 925. The summed E-state index contributed by atoms with van der Waals surface area (Å²) in [6.45, 7) is 15.0. The van der Waals surface area contributed by atoms with Crippen LogP contribution in [0.15, 0.2) is 36.0 Å². The van der Waals surface area contributed by atoms with Crippen LogP contribution in [-0.2, 0) is 23.7 Å². The van der Waals surface area contributed by atoms with E-state index < -0.39 is 42.1 Å². The lowest BCUT2D eigenvalue weighted by atomic mass is 9.91. The minimum absolute atomic E-state index is 0.0126. The highest BCUT2D eigenvalue weighted by Gasteiger charge is 2.50. The van der Waals surface area contributed by atoms with E-state index in [1.165, 1.54) is 13.0 Å². The van der Waals surface area contributed by atoms with E-state index in [1.807, 2.05) is 45.9 Å². The fourth-order valence-corrected chi connectivity index (χ4v) is 5.20. The first-order valence-electron chi connectivity index (χ1n) is 15.0. The number of amides is 1. The summed E-state index contributed by atoms with van der Waals surface area (Å²) >= 11 is 0. The second-order valence-electron chi connectivity index (χ2n) is 12.0. The SMILES string of the molecule is C/C=C/C(OC(N)=O)C(C)(O)CCC(O)CC(=O)OC(/C(C)=C/C=C/C(C)C(O)C1OC1C(C)C(CC)OC)C(C)C. The number of nitrogens with two attached hydrogens (primary N) is 1. The van der Waals surface area contributed by atoms with E-state index in [0.717, 1.165) is 12.0 Å². The molecule has 0 aromatic heterocycles. The zero-order chi connectivity index (χ0) is 32.2. The second kappa shape index (κ2) is 17.8. The predicted octanol–water partition coefficient (Wildman–Crippen LogP) is 4.20. The van der Waals surface area contributed by atoms with Gasteiger partial charge in [0.1, 0.15) is 17.8 Å². The smallest absolute Gasteiger partial charge is 0.405 e. The van der Waals surface area contributed by atoms with Crippen molar-refractivity contribution < 1.29 is 43.9 Å². The number of carbonyl (C=O) groups is 2. The Balaban J connectivity index is 2.68. The van der Waals surface area contributed by atoms with Crippen molar-refractivity contribution >= 4 is 12.1 Å². The Morgan fingerprint density at radius 2 is 1.74 bits per heavy atom. The molecule has 10 heteroatoms. The molecule has 1 amide bonds. The molecule has 1 saturated heterocycles. The van der Waals surface area contributed by atoms with Gasteiger partial charge >= 0.3 is 12.1 Å². The molecule has 0 aromatic rings. The molecule has 5 N–H and O–H groups in total. The third kappa shape index (κ3) is 12.2. The molecule has 10 unspecified atom stereocenters. The summed E-state index contributed by atoms with van der Waals surface area (Å²) in [5.41, 5.74) is 4.43. The van der Waals surface area contributed by atoms with Gasteiger partial charge in [0.15, 0.2) is 6.10 Å². The van der Waals surface area contributed by atoms with Crippen LogP contribution in [0.25, 0.3) is 0 Å². The number of aliphatic hydroxyl groups excluding tert-OH is 2. The van der Waals surface area contributed by atoms with Crippen molar-refractivity contribution in [1.29, 1.82) is 0 Å². The van der Waals surface area contributed by atoms with Crippen molar-refractivity contribution in [3.63, 3.8) is 0 Å². The Kier molecular flexibility index (Phi) is 16.0. The average molecular weight is 598 g/mol. The van der Waals surface area contributed by atoms with Gasteiger partial charge in [0, 0.05) is 18.9 Å². The van der Waals surface area contributed by atoms with Crippen molar-refractivity contribution in [2.75, 3.05) is 7.11 Å². The van der Waals surface area contributed by atoms with Crippen LogP contribution < -0.4 is 5.73 Å². The molecule has 242 valence electrons. The molecule has 0 radical (unpaired) electrons. The van der Waals surface area contributed by atoms with Crippen molar-refractivity contribution in [2.45, 2.75) is 129 Å². The molecule has 1 heterocycles. The van der Waals surface area contributed by atoms with E-state index >= 15 is 0 Å². The van der Waals surface area contributed by atoms with Gasteiger partial charge in [-0.3, -0.25) is 4.79 Å². The molecule has 42 heavy (non-hydrogen) atoms. The summed E-state index contributed by atoms with van der Waals surface area (Å²) in [6.07, 6.45) is 5.15. The zero-order valence-corrected chi connectivity index (χ0v) is 26.9. The van der Waals surface area contributed by atoms with Crippen LogP contribution in [-0.4, -0.2) is 82.8 Å². The third-order valence-electron chi connectivity index (χ3n) is 7.94. The van der Waals surface area contributed by atoms with E-state index in [0.29, 0.717) is 0 Å². The van der Waals surface area contributed by atoms with Gasteiger partial charge < -0.3 is 40.0 Å². The van der Waals surface area contributed by atoms with Crippen LogP contribution in [0.4, 0.5) is 4.79 Å². The van der Waals surface area contributed by atoms with Gasteiger partial charge in [0.25, 0.3) is 0 Å². The second-order valence-corrected chi connectivity index (χ2v) is 12.0. The molecule has 0 bridgehead atoms. The summed E-state index contributed by atoms with van der Waals surface area (Å²) in [6, 6.07) is 0. The van der Waals surface area contributed by atoms with Crippen LogP contribution >= 0.6 is 0 Å². The first-order valence-corrected chi connectivity index (χ1v) is 15.0. The Labute approximate surface area is 251 Å². The molecular formula is C32H55NO9. The van der Waals surface area contributed by atoms with Gasteiger partial charge in [-0.25, -0.2) is 4.79 Å². The summed E-state index contributed by atoms with van der Waals surface area (Å²) in [5.74, 6) is -0.530. The predicted molar refractivity (Wildman–Crippen MR) is 161 cm³/mol. The number of methoxy groups -OCH3 is 1. The zero-order valence-electron chi connectivity index (χ0n) is 26.9. The minimum Gasteiger partial charge on any atom is -0.457 e. The summed E-state index contributed by atoms with van der Waals surface area (Å²) in [4.78, 5) is 23.8. The van der Waals surface area contributed by atoms with Crippen molar-refractivity contribution in [3.05, 3.63) is 36.0 Å². The maximum atomic E-state index is 12.7. The number of hydrogen-bond donors (Lipinski definition) is 4. The molecule has 1 rings (SSSR count). The largest absolute Gasteiger partial charge is 0.457 e. The summed E-state index contributed by atoms with van der Waals surface area (Å²) < 4.78 is 22.0. The fraction of sp³-hybridized carbons (Fsp3) is 0.750. The topological polar surface area (TPSA) is 161 Å². The third-order valence-corrected chi connectivity index (χ3v) is 7.94. The quantitative estimate of drug-likeness (QED) is 0.0740. The van der Waals surface area contributed by atoms with Crippen LogP contribution in [0.1, 0.15) is 81.1 Å². The maximum absolute atomic E-state index is 12.7. The van der Waals surface area contributed by atoms with Gasteiger partial charge in [-0.1, -0.05) is 58.9 Å². The molecule has 0 aromatic carbocycles. The van der Waals surface area contributed by atoms with Gasteiger partial charge in [-0.15, -0.1) is 0 Å². The van der Waals surface area contributed by atoms with Gasteiger partial charge in [0.05, 0.1) is 30.8 Å². The number of esters is 1. The van der Waals surface area contributed by atoms with E-state index in [1.54, 1.807) is 20.1 Å². The van der Waals surface area contributed by atoms with Crippen LogP contribution in [0.5, 0.6) is 0 Å². The maximum Gasteiger partial charge on any atom is 0.405 e. The van der Waals surface area contributed by atoms with E-state index in [2.05, 4.69) is 13.8 Å².